The van der Waals surface area contributed by atoms with Crippen molar-refractivity contribution in [3.05, 3.63) is 26.6 Å². The Balaban J connectivity index is 2.31. The van der Waals surface area contributed by atoms with Crippen LogP contribution in [0.25, 0.3) is 0 Å². The predicted molar refractivity (Wildman–Crippen MR) is 68.7 cm³/mol. The lowest BCUT2D eigenvalue weighted by atomic mass is 10.2. The highest BCUT2D eigenvalue weighted by molar-refractivity contribution is 9.11. The normalized spacial score (nSPS) is 11.2. The van der Waals surface area contributed by atoms with Crippen molar-refractivity contribution in [3.8, 4) is 5.75 Å². The molecule has 0 saturated heterocycles. The van der Waals surface area contributed by atoms with Gasteiger partial charge in [-0.05, 0) is 60.0 Å². The zero-order valence-electron chi connectivity index (χ0n) is 8.25. The summed E-state index contributed by atoms with van der Waals surface area (Å²) in [5, 5.41) is 23.9. The highest BCUT2D eigenvalue weighted by Gasteiger charge is 2.05. The number of benzene rings is 1. The third kappa shape index (κ3) is 2.61. The van der Waals surface area contributed by atoms with Gasteiger partial charge >= 0.3 is 0 Å². The van der Waals surface area contributed by atoms with Crippen molar-refractivity contribution in [2.75, 3.05) is 5.73 Å². The third-order valence-corrected chi connectivity index (χ3v) is 3.04. The number of aromatic nitrogens is 4. The summed E-state index contributed by atoms with van der Waals surface area (Å²) >= 11 is 6.43. The molecule has 3 N–H and O–H groups in total. The van der Waals surface area contributed by atoms with Crippen molar-refractivity contribution in [2.45, 2.75) is 0 Å². The van der Waals surface area contributed by atoms with E-state index in [4.69, 9.17) is 5.73 Å². The standard InChI is InChI=1S/C8H6Br2N6O/c9-5-1-4(2-6(10)7(5)17)3-12-16-8(11)13-14-15-16/h1-3,17H,(H2,11,13,15). The van der Waals surface area contributed by atoms with Gasteiger partial charge in [0.15, 0.2) is 0 Å². The van der Waals surface area contributed by atoms with Crippen LogP contribution in [0.3, 0.4) is 0 Å². The van der Waals surface area contributed by atoms with Gasteiger partial charge in [-0.3, -0.25) is 0 Å². The Morgan fingerprint density at radius 3 is 2.53 bits per heavy atom. The van der Waals surface area contributed by atoms with Crippen molar-refractivity contribution in [1.82, 2.24) is 20.3 Å². The molecule has 0 amide bonds. The number of nitrogen functional groups attached to an aromatic ring is 1. The number of nitrogens with zero attached hydrogens (tertiary/aromatic N) is 5. The number of anilines is 1. The Morgan fingerprint density at radius 2 is 2.00 bits per heavy atom. The maximum atomic E-state index is 9.53. The fourth-order valence-corrected chi connectivity index (χ4v) is 2.27. The van der Waals surface area contributed by atoms with Crippen LogP contribution in [0.5, 0.6) is 5.75 Å². The minimum atomic E-state index is 0.0955. The van der Waals surface area contributed by atoms with Crippen molar-refractivity contribution in [2.24, 2.45) is 5.10 Å². The molecule has 0 aliphatic carbocycles. The molecule has 0 unspecified atom stereocenters. The van der Waals surface area contributed by atoms with Crippen molar-refractivity contribution >= 4 is 44.0 Å². The van der Waals surface area contributed by atoms with E-state index in [1.165, 1.54) is 6.21 Å². The zero-order valence-corrected chi connectivity index (χ0v) is 11.4. The Labute approximate surface area is 113 Å². The second-order valence-electron chi connectivity index (χ2n) is 3.00. The molecule has 0 spiro atoms. The van der Waals surface area contributed by atoms with Crippen molar-refractivity contribution in [1.29, 1.82) is 0 Å². The van der Waals surface area contributed by atoms with E-state index in [-0.39, 0.29) is 11.7 Å². The first-order chi connectivity index (χ1) is 8.08. The Kier molecular flexibility index (Phi) is 3.38. The van der Waals surface area contributed by atoms with Gasteiger partial charge in [-0.2, -0.15) is 5.10 Å². The summed E-state index contributed by atoms with van der Waals surface area (Å²) < 4.78 is 1.11. The Hall–Kier alpha value is -1.48. The van der Waals surface area contributed by atoms with E-state index in [1.54, 1.807) is 12.1 Å². The number of halogens is 2. The number of aromatic hydroxyl groups is 1. The van der Waals surface area contributed by atoms with E-state index < -0.39 is 0 Å². The van der Waals surface area contributed by atoms with Crippen LogP contribution in [-0.2, 0) is 0 Å². The molecule has 9 heteroatoms. The first-order valence-corrected chi connectivity index (χ1v) is 5.93. The third-order valence-electron chi connectivity index (χ3n) is 1.83. The molecule has 1 heterocycles. The average Bonchev–Trinajstić information content (AvgIpc) is 2.69. The van der Waals surface area contributed by atoms with Crippen LogP contribution >= 0.6 is 31.9 Å². The van der Waals surface area contributed by atoms with Gasteiger partial charge in [-0.1, -0.05) is 9.89 Å². The van der Waals surface area contributed by atoms with Gasteiger partial charge in [0.1, 0.15) is 5.75 Å². The topological polar surface area (TPSA) is 102 Å². The zero-order chi connectivity index (χ0) is 12.4. The molecule has 0 radical (unpaired) electrons. The van der Waals surface area contributed by atoms with E-state index in [1.807, 2.05) is 0 Å². The van der Waals surface area contributed by atoms with Gasteiger partial charge in [0.05, 0.1) is 15.2 Å². The van der Waals surface area contributed by atoms with E-state index in [9.17, 15) is 5.11 Å². The summed E-state index contributed by atoms with van der Waals surface area (Å²) in [6, 6.07) is 3.40. The largest absolute Gasteiger partial charge is 0.506 e. The lowest BCUT2D eigenvalue weighted by Crippen LogP contribution is -1.99. The van der Waals surface area contributed by atoms with Crippen LogP contribution in [0, 0.1) is 0 Å². The second-order valence-corrected chi connectivity index (χ2v) is 4.71. The summed E-state index contributed by atoms with van der Waals surface area (Å²) in [7, 11) is 0. The van der Waals surface area contributed by atoms with Gasteiger partial charge in [0.2, 0.25) is 0 Å². The molecule has 0 aliphatic rings. The minimum Gasteiger partial charge on any atom is -0.506 e. The summed E-state index contributed by atoms with van der Waals surface area (Å²) in [6.07, 6.45) is 1.52. The molecule has 0 bridgehead atoms. The number of nitrogens with two attached hydrogens (primary N) is 1. The smallest absolute Gasteiger partial charge is 0.263 e. The summed E-state index contributed by atoms with van der Waals surface area (Å²) in [6.45, 7) is 0. The number of hydrogen-bond acceptors (Lipinski definition) is 6. The minimum absolute atomic E-state index is 0.0955. The lowest BCUT2D eigenvalue weighted by molar-refractivity contribution is 0.468. The number of tetrazole rings is 1. The van der Waals surface area contributed by atoms with Crippen LogP contribution in [0.15, 0.2) is 26.2 Å². The molecule has 7 nitrogen and oxygen atoms in total. The molecule has 0 saturated carbocycles. The van der Waals surface area contributed by atoms with Gasteiger partial charge < -0.3 is 10.8 Å². The molecular formula is C8H6Br2N6O. The molecule has 1 aromatic carbocycles. The molecule has 0 aliphatic heterocycles. The number of rotatable bonds is 2. The summed E-state index contributed by atoms with van der Waals surface area (Å²) in [5.41, 5.74) is 6.19. The maximum Gasteiger partial charge on any atom is 0.263 e. The van der Waals surface area contributed by atoms with Gasteiger partial charge in [-0.25, -0.2) is 0 Å². The fraction of sp³-hybridized carbons (Fsp3) is 0. The predicted octanol–water partition coefficient (Wildman–Crippen LogP) is 1.37. The molecule has 0 atom stereocenters. The van der Waals surface area contributed by atoms with Crippen LogP contribution < -0.4 is 5.73 Å². The Bertz CT molecular complexity index is 558. The first-order valence-electron chi connectivity index (χ1n) is 4.34. The van der Waals surface area contributed by atoms with Crippen LogP contribution in [0.2, 0.25) is 0 Å². The van der Waals surface area contributed by atoms with Gasteiger partial charge in [0.25, 0.3) is 5.95 Å². The molecular weight excluding hydrogens is 356 g/mol. The van der Waals surface area contributed by atoms with Crippen LogP contribution in [0.1, 0.15) is 5.56 Å². The first kappa shape index (κ1) is 12.0. The molecule has 17 heavy (non-hydrogen) atoms. The Morgan fingerprint density at radius 1 is 1.35 bits per heavy atom. The average molecular weight is 362 g/mol. The lowest BCUT2D eigenvalue weighted by Gasteiger charge is -2.01. The molecule has 88 valence electrons. The highest BCUT2D eigenvalue weighted by Crippen LogP contribution is 2.32. The van der Waals surface area contributed by atoms with Crippen molar-refractivity contribution < 1.29 is 5.11 Å². The quantitative estimate of drug-likeness (QED) is 0.786. The SMILES string of the molecule is Nc1nnnn1N=Cc1cc(Br)c(O)c(Br)c1. The summed E-state index contributed by atoms with van der Waals surface area (Å²) in [4.78, 5) is 1.09. The number of hydrogen-bond donors (Lipinski definition) is 2. The fourth-order valence-electron chi connectivity index (χ4n) is 1.05. The summed E-state index contributed by atoms with van der Waals surface area (Å²) in [5.74, 6) is 0.224. The van der Waals surface area contributed by atoms with Crippen LogP contribution in [0.4, 0.5) is 5.95 Å². The van der Waals surface area contributed by atoms with Gasteiger partial charge in [0, 0.05) is 0 Å². The molecule has 1 aromatic heterocycles. The van der Waals surface area contributed by atoms with E-state index in [2.05, 4.69) is 52.5 Å². The van der Waals surface area contributed by atoms with E-state index >= 15 is 0 Å². The van der Waals surface area contributed by atoms with Crippen LogP contribution in [-0.4, -0.2) is 31.6 Å². The van der Waals surface area contributed by atoms with Gasteiger partial charge in [-0.15, -0.1) is 0 Å². The number of phenolic OH excluding ortho intramolecular Hbond substituents is 1. The molecule has 2 rings (SSSR count). The molecule has 2 aromatic rings. The van der Waals surface area contributed by atoms with E-state index in [0.717, 1.165) is 10.4 Å². The van der Waals surface area contributed by atoms with Crippen molar-refractivity contribution in [3.63, 3.8) is 0 Å². The monoisotopic (exact) mass is 360 g/mol. The molecule has 0 fully saturated rings. The maximum absolute atomic E-state index is 9.53. The second kappa shape index (κ2) is 4.80. The van der Waals surface area contributed by atoms with E-state index in [0.29, 0.717) is 8.95 Å². The number of phenols is 1. The highest BCUT2D eigenvalue weighted by atomic mass is 79.9.